The Bertz CT molecular complexity index is 1360. The molecule has 9 heteroatoms. The van der Waals surface area contributed by atoms with Gasteiger partial charge in [-0.05, 0) is 63.2 Å². The van der Waals surface area contributed by atoms with Crippen LogP contribution in [0.5, 0.6) is 6.01 Å². The van der Waals surface area contributed by atoms with Crippen LogP contribution in [-0.2, 0) is 13.0 Å². The number of piperazine rings is 1. The quantitative estimate of drug-likeness (QED) is 0.498. The van der Waals surface area contributed by atoms with Gasteiger partial charge < -0.3 is 24.8 Å². The van der Waals surface area contributed by atoms with Gasteiger partial charge in [0.1, 0.15) is 12.4 Å². The Hall–Kier alpha value is -3.04. The highest BCUT2D eigenvalue weighted by molar-refractivity contribution is 5.95. The van der Waals surface area contributed by atoms with E-state index in [4.69, 9.17) is 14.7 Å². The van der Waals surface area contributed by atoms with E-state index in [1.807, 2.05) is 24.3 Å². The summed E-state index contributed by atoms with van der Waals surface area (Å²) in [5.74, 6) is 0.999. The van der Waals surface area contributed by atoms with Gasteiger partial charge in [0.25, 0.3) is 6.43 Å². The zero-order valence-corrected chi connectivity index (χ0v) is 22.5. The van der Waals surface area contributed by atoms with Crippen molar-refractivity contribution in [2.45, 2.75) is 63.2 Å². The van der Waals surface area contributed by atoms with Crippen molar-refractivity contribution in [3.05, 3.63) is 53.2 Å². The summed E-state index contributed by atoms with van der Waals surface area (Å²) < 4.78 is 33.9. The minimum atomic E-state index is -2.52. The van der Waals surface area contributed by atoms with Crippen molar-refractivity contribution in [3.8, 4) is 6.01 Å². The maximum Gasteiger partial charge on any atom is 0.318 e. The van der Waals surface area contributed by atoms with Crippen LogP contribution >= 0.6 is 0 Å². The van der Waals surface area contributed by atoms with Crippen LogP contribution in [0.3, 0.4) is 0 Å². The smallest absolute Gasteiger partial charge is 0.318 e. The highest BCUT2D eigenvalue weighted by atomic mass is 19.3. The number of hydrogen-bond acceptors (Lipinski definition) is 7. The number of likely N-dealkylation sites (N-methyl/N-ethyl adjacent to an activating group) is 1. The number of likely N-dealkylation sites (tertiary alicyclic amines) is 1. The molecule has 206 valence electrons. The van der Waals surface area contributed by atoms with Gasteiger partial charge in [-0.3, -0.25) is 0 Å². The second kappa shape index (κ2) is 10.2. The molecule has 0 unspecified atom stereocenters. The third-order valence-electron chi connectivity index (χ3n) is 9.07. The first kappa shape index (κ1) is 25.0. The fraction of sp³-hybridized carbons (Fsp3) is 0.533. The van der Waals surface area contributed by atoms with E-state index in [1.165, 1.54) is 24.8 Å². The maximum absolute atomic E-state index is 13.8. The summed E-state index contributed by atoms with van der Waals surface area (Å²) in [6.45, 7) is 4.82. The highest BCUT2D eigenvalue weighted by Gasteiger charge is 2.35. The van der Waals surface area contributed by atoms with E-state index in [9.17, 15) is 8.78 Å². The van der Waals surface area contributed by atoms with Crippen molar-refractivity contribution in [2.75, 3.05) is 49.6 Å². The molecule has 3 atom stereocenters. The second-order valence-electron chi connectivity index (χ2n) is 11.6. The first-order valence-corrected chi connectivity index (χ1v) is 14.3. The molecule has 5 heterocycles. The van der Waals surface area contributed by atoms with Crippen LogP contribution in [0.1, 0.15) is 48.9 Å². The van der Waals surface area contributed by atoms with Gasteiger partial charge in [0.05, 0.1) is 12.2 Å². The summed E-state index contributed by atoms with van der Waals surface area (Å²) in [5, 5.41) is 5.54. The Balaban J connectivity index is 1.24. The number of rotatable bonds is 6. The van der Waals surface area contributed by atoms with Gasteiger partial charge >= 0.3 is 6.01 Å². The fourth-order valence-corrected chi connectivity index (χ4v) is 6.95. The van der Waals surface area contributed by atoms with E-state index >= 15 is 0 Å². The lowest BCUT2D eigenvalue weighted by Gasteiger charge is -2.37. The number of nitrogens with one attached hydrogen (secondary N) is 1. The molecule has 0 amide bonds. The lowest BCUT2D eigenvalue weighted by molar-refractivity contribution is 0.151. The first-order valence-electron chi connectivity index (χ1n) is 14.3. The highest BCUT2D eigenvalue weighted by Crippen LogP contribution is 2.37. The Kier molecular flexibility index (Phi) is 6.51. The Morgan fingerprint density at radius 1 is 1.03 bits per heavy atom. The molecular formula is C30H36F2N6O. The zero-order chi connectivity index (χ0) is 26.5. The lowest BCUT2D eigenvalue weighted by atomic mass is 10.00. The summed E-state index contributed by atoms with van der Waals surface area (Å²) in [6, 6.07) is 12.9. The van der Waals surface area contributed by atoms with E-state index in [0.29, 0.717) is 37.3 Å². The second-order valence-corrected chi connectivity index (χ2v) is 11.6. The van der Waals surface area contributed by atoms with Crippen LogP contribution in [0.2, 0.25) is 0 Å². The first-order chi connectivity index (χ1) is 19.0. The van der Waals surface area contributed by atoms with Crippen molar-refractivity contribution in [1.29, 1.82) is 0 Å². The molecule has 4 aliphatic rings. The van der Waals surface area contributed by atoms with E-state index in [2.05, 4.69) is 27.1 Å². The van der Waals surface area contributed by atoms with E-state index in [-0.39, 0.29) is 5.56 Å². The van der Waals surface area contributed by atoms with Crippen molar-refractivity contribution >= 4 is 22.3 Å². The number of hydrogen-bond donors (Lipinski definition) is 1. The standard InChI is InChI=1S/C30H36F2N6O/c1-36-11-4-6-23(36)18-39-30-34-26-17-37(27-14-20(28(31)32)13-19-5-2-3-7-24(19)27)12-10-25(26)29(35-30)38-15-21-8-9-22(16-38)33-21/h2-3,5,7,13-14,21-23,28,33H,4,6,8-12,15-18H2,1H3/t21-,22+,23-/m0/s1. The van der Waals surface area contributed by atoms with Gasteiger partial charge in [-0.25, -0.2) is 8.78 Å². The SMILES string of the molecule is CN1CCC[C@H]1COc1nc2c(c(N3C[C@H]4CC[C@@H](C3)N4)n1)CCN(c1cc(C(F)F)cc3ccccc13)C2. The van der Waals surface area contributed by atoms with Crippen molar-refractivity contribution in [1.82, 2.24) is 20.2 Å². The number of fused-ring (bicyclic) bond motifs is 4. The number of aromatic nitrogens is 2. The molecule has 2 aromatic carbocycles. The Labute approximate surface area is 228 Å². The molecule has 1 aromatic heterocycles. The lowest BCUT2D eigenvalue weighted by Crippen LogP contribution is -2.52. The molecule has 39 heavy (non-hydrogen) atoms. The van der Waals surface area contributed by atoms with Crippen molar-refractivity contribution < 1.29 is 13.5 Å². The summed E-state index contributed by atoms with van der Waals surface area (Å²) in [7, 11) is 2.15. The largest absolute Gasteiger partial charge is 0.462 e. The number of anilines is 2. The van der Waals surface area contributed by atoms with Crippen LogP contribution in [0.25, 0.3) is 10.8 Å². The summed E-state index contributed by atoms with van der Waals surface area (Å²) in [4.78, 5) is 16.9. The minimum absolute atomic E-state index is 0.0545. The van der Waals surface area contributed by atoms with Crippen molar-refractivity contribution in [3.63, 3.8) is 0 Å². The van der Waals surface area contributed by atoms with Gasteiger partial charge in [-0.1, -0.05) is 24.3 Å². The molecule has 3 saturated heterocycles. The average Bonchev–Trinajstić information content (AvgIpc) is 3.53. The van der Waals surface area contributed by atoms with Crippen molar-refractivity contribution in [2.24, 2.45) is 0 Å². The van der Waals surface area contributed by atoms with Crippen LogP contribution in [0.15, 0.2) is 36.4 Å². The van der Waals surface area contributed by atoms with E-state index < -0.39 is 6.43 Å². The van der Waals surface area contributed by atoms with Gasteiger partial charge in [-0.2, -0.15) is 9.97 Å². The Morgan fingerprint density at radius 2 is 1.85 bits per heavy atom. The number of halogens is 2. The third kappa shape index (κ3) is 4.80. The molecule has 3 aromatic rings. The molecule has 0 radical (unpaired) electrons. The molecule has 4 aliphatic heterocycles. The minimum Gasteiger partial charge on any atom is -0.462 e. The zero-order valence-electron chi connectivity index (χ0n) is 22.5. The molecule has 1 N–H and O–H groups in total. The van der Waals surface area contributed by atoms with Gasteiger partial charge in [0.15, 0.2) is 0 Å². The molecule has 7 nitrogen and oxygen atoms in total. The number of benzene rings is 2. The molecular weight excluding hydrogens is 498 g/mol. The number of ether oxygens (including phenoxy) is 1. The van der Waals surface area contributed by atoms with Crippen LogP contribution in [0.4, 0.5) is 20.3 Å². The summed E-state index contributed by atoms with van der Waals surface area (Å²) in [5.41, 5.74) is 3.01. The van der Waals surface area contributed by atoms with Crippen LogP contribution in [-0.4, -0.2) is 72.8 Å². The molecule has 0 saturated carbocycles. The molecule has 0 aliphatic carbocycles. The molecule has 7 rings (SSSR count). The van der Waals surface area contributed by atoms with Crippen LogP contribution < -0.4 is 19.9 Å². The normalized spacial score (nSPS) is 25.1. The third-order valence-corrected chi connectivity index (χ3v) is 9.07. The fourth-order valence-electron chi connectivity index (χ4n) is 6.95. The molecule has 0 spiro atoms. The number of nitrogens with zero attached hydrogens (tertiary/aromatic N) is 5. The number of alkyl halides is 2. The van der Waals surface area contributed by atoms with Gasteiger partial charge in [-0.15, -0.1) is 0 Å². The molecule has 2 bridgehead atoms. The van der Waals surface area contributed by atoms with Gasteiger partial charge in [0.2, 0.25) is 0 Å². The maximum atomic E-state index is 13.8. The monoisotopic (exact) mass is 534 g/mol. The van der Waals surface area contributed by atoms with E-state index in [1.54, 1.807) is 12.1 Å². The summed E-state index contributed by atoms with van der Waals surface area (Å²) >= 11 is 0. The predicted molar refractivity (Wildman–Crippen MR) is 149 cm³/mol. The van der Waals surface area contributed by atoms with Gasteiger partial charge in [0, 0.05) is 60.0 Å². The Morgan fingerprint density at radius 3 is 2.62 bits per heavy atom. The topological polar surface area (TPSA) is 56.8 Å². The van der Waals surface area contributed by atoms with Crippen LogP contribution in [0, 0.1) is 0 Å². The van der Waals surface area contributed by atoms with E-state index in [0.717, 1.165) is 67.0 Å². The molecule has 3 fully saturated rings. The average molecular weight is 535 g/mol. The predicted octanol–water partition coefficient (Wildman–Crippen LogP) is 4.54. The summed E-state index contributed by atoms with van der Waals surface area (Å²) in [6.07, 6.45) is 2.96.